The lowest BCUT2D eigenvalue weighted by Crippen LogP contribution is -2.44. The molecule has 2 heterocycles. The summed E-state index contributed by atoms with van der Waals surface area (Å²) >= 11 is 0. The van der Waals surface area contributed by atoms with Crippen LogP contribution in [0.3, 0.4) is 0 Å². The van der Waals surface area contributed by atoms with Gasteiger partial charge in [-0.25, -0.2) is 0 Å². The topological polar surface area (TPSA) is 49.4 Å². The molecule has 1 atom stereocenters. The van der Waals surface area contributed by atoms with Crippen molar-refractivity contribution in [3.63, 3.8) is 0 Å². The Hall–Kier alpha value is -2.62. The Labute approximate surface area is 141 Å². The monoisotopic (exact) mass is 320 g/mol. The smallest absolute Gasteiger partial charge is 0.253 e. The Morgan fingerprint density at radius 2 is 1.88 bits per heavy atom. The van der Waals surface area contributed by atoms with Gasteiger partial charge in [0.25, 0.3) is 5.91 Å². The molecule has 2 aliphatic rings. The van der Waals surface area contributed by atoms with E-state index in [9.17, 15) is 9.59 Å². The van der Waals surface area contributed by atoms with Crippen LogP contribution in [0.4, 0.5) is 5.69 Å². The molecule has 2 aromatic rings. The van der Waals surface area contributed by atoms with Crippen LogP contribution in [-0.4, -0.2) is 29.8 Å². The standard InChI is InChI=1S/C20H20N2O2/c1-14-6-8-15(9-7-14)18(23)22-11-10-20(13-22)12-16-4-2-3-5-17(16)21-19(20)24/h2-9H,10-13H2,1H3,(H,21,24). The van der Waals surface area contributed by atoms with Gasteiger partial charge in [-0.05, 0) is 43.5 Å². The van der Waals surface area contributed by atoms with Crippen molar-refractivity contribution in [2.45, 2.75) is 19.8 Å². The molecule has 1 fully saturated rings. The molecule has 4 rings (SSSR count). The fourth-order valence-electron chi connectivity index (χ4n) is 3.75. The number of aryl methyl sites for hydroxylation is 1. The van der Waals surface area contributed by atoms with Gasteiger partial charge >= 0.3 is 0 Å². The third-order valence-electron chi connectivity index (χ3n) is 5.22. The fraction of sp³-hybridized carbons (Fsp3) is 0.300. The molecule has 0 bridgehead atoms. The summed E-state index contributed by atoms with van der Waals surface area (Å²) in [7, 11) is 0. The third kappa shape index (κ3) is 2.39. The molecule has 1 spiro atoms. The molecular formula is C20H20N2O2. The van der Waals surface area contributed by atoms with Crippen molar-refractivity contribution in [2.75, 3.05) is 18.4 Å². The summed E-state index contributed by atoms with van der Waals surface area (Å²) in [4.78, 5) is 27.2. The molecule has 2 aliphatic heterocycles. The van der Waals surface area contributed by atoms with Crippen molar-refractivity contribution in [3.05, 3.63) is 65.2 Å². The highest BCUT2D eigenvalue weighted by molar-refractivity contribution is 6.00. The second-order valence-corrected chi connectivity index (χ2v) is 6.91. The Morgan fingerprint density at radius 1 is 1.12 bits per heavy atom. The van der Waals surface area contributed by atoms with Gasteiger partial charge in [-0.3, -0.25) is 9.59 Å². The number of carbonyl (C=O) groups is 2. The molecule has 0 aliphatic carbocycles. The van der Waals surface area contributed by atoms with Crippen molar-refractivity contribution in [2.24, 2.45) is 5.41 Å². The largest absolute Gasteiger partial charge is 0.338 e. The van der Waals surface area contributed by atoms with E-state index in [4.69, 9.17) is 0 Å². The van der Waals surface area contributed by atoms with Gasteiger partial charge in [-0.2, -0.15) is 0 Å². The first kappa shape index (κ1) is 14.9. The molecule has 0 aromatic heterocycles. The number of anilines is 1. The van der Waals surface area contributed by atoms with Crippen LogP contribution < -0.4 is 5.32 Å². The second kappa shape index (κ2) is 5.48. The van der Waals surface area contributed by atoms with Crippen molar-refractivity contribution in [3.8, 4) is 0 Å². The second-order valence-electron chi connectivity index (χ2n) is 6.91. The Kier molecular flexibility index (Phi) is 3.41. The van der Waals surface area contributed by atoms with Gasteiger partial charge < -0.3 is 10.2 Å². The number of hydrogen-bond acceptors (Lipinski definition) is 2. The maximum absolute atomic E-state index is 12.7. The van der Waals surface area contributed by atoms with Gasteiger partial charge in [0, 0.05) is 24.3 Å². The maximum Gasteiger partial charge on any atom is 0.253 e. The average Bonchev–Trinajstić information content (AvgIpc) is 3.01. The Balaban J connectivity index is 1.57. The van der Waals surface area contributed by atoms with Crippen molar-refractivity contribution < 1.29 is 9.59 Å². The van der Waals surface area contributed by atoms with Gasteiger partial charge in [0.05, 0.1) is 5.41 Å². The highest BCUT2D eigenvalue weighted by Gasteiger charge is 2.48. The van der Waals surface area contributed by atoms with Gasteiger partial charge in [0.1, 0.15) is 0 Å². The SMILES string of the molecule is Cc1ccc(C(=O)N2CCC3(Cc4ccccc4NC3=O)C2)cc1. The van der Waals surface area contributed by atoms with Gasteiger partial charge in [-0.15, -0.1) is 0 Å². The van der Waals surface area contributed by atoms with E-state index < -0.39 is 5.41 Å². The molecule has 4 nitrogen and oxygen atoms in total. The van der Waals surface area contributed by atoms with Crippen LogP contribution in [0.1, 0.15) is 27.9 Å². The molecule has 0 saturated carbocycles. The first-order chi connectivity index (χ1) is 11.6. The predicted molar refractivity (Wildman–Crippen MR) is 92.9 cm³/mol. The highest BCUT2D eigenvalue weighted by atomic mass is 16.2. The Morgan fingerprint density at radius 3 is 2.67 bits per heavy atom. The minimum Gasteiger partial charge on any atom is -0.338 e. The van der Waals surface area contributed by atoms with Gasteiger partial charge in [0.2, 0.25) is 5.91 Å². The summed E-state index contributed by atoms with van der Waals surface area (Å²) in [5, 5.41) is 3.02. The lowest BCUT2D eigenvalue weighted by molar-refractivity contribution is -0.125. The number of benzene rings is 2. The summed E-state index contributed by atoms with van der Waals surface area (Å²) in [6.45, 7) is 3.12. The number of nitrogens with one attached hydrogen (secondary N) is 1. The van der Waals surface area contributed by atoms with Crippen LogP contribution in [-0.2, 0) is 11.2 Å². The minimum absolute atomic E-state index is 0.0125. The van der Waals surface area contributed by atoms with E-state index >= 15 is 0 Å². The number of rotatable bonds is 1. The zero-order valence-corrected chi connectivity index (χ0v) is 13.7. The summed E-state index contributed by atoms with van der Waals surface area (Å²) in [6.07, 6.45) is 1.41. The lowest BCUT2D eigenvalue weighted by Gasteiger charge is -2.33. The van der Waals surface area contributed by atoms with E-state index in [0.717, 1.165) is 16.8 Å². The van der Waals surface area contributed by atoms with Crippen molar-refractivity contribution in [1.29, 1.82) is 0 Å². The first-order valence-corrected chi connectivity index (χ1v) is 8.33. The number of amides is 2. The molecule has 2 amide bonds. The molecule has 1 unspecified atom stereocenters. The van der Waals surface area contributed by atoms with Gasteiger partial charge in [-0.1, -0.05) is 35.9 Å². The van der Waals surface area contributed by atoms with Gasteiger partial charge in [0.15, 0.2) is 0 Å². The number of likely N-dealkylation sites (tertiary alicyclic amines) is 1. The van der Waals surface area contributed by atoms with E-state index in [-0.39, 0.29) is 11.8 Å². The van der Waals surface area contributed by atoms with E-state index in [2.05, 4.69) is 11.4 Å². The summed E-state index contributed by atoms with van der Waals surface area (Å²) < 4.78 is 0. The highest BCUT2D eigenvalue weighted by Crippen LogP contribution is 2.41. The average molecular weight is 320 g/mol. The normalized spacial score (nSPS) is 22.4. The van der Waals surface area contributed by atoms with Crippen LogP contribution >= 0.6 is 0 Å². The molecule has 1 N–H and O–H groups in total. The first-order valence-electron chi connectivity index (χ1n) is 8.33. The number of hydrogen-bond donors (Lipinski definition) is 1. The molecule has 0 radical (unpaired) electrons. The maximum atomic E-state index is 12.7. The van der Waals surface area contributed by atoms with Crippen molar-refractivity contribution in [1.82, 2.24) is 4.90 Å². The van der Waals surface area contributed by atoms with Crippen LogP contribution in [0.5, 0.6) is 0 Å². The number of nitrogens with zero attached hydrogens (tertiary/aromatic N) is 1. The third-order valence-corrected chi connectivity index (χ3v) is 5.22. The molecule has 122 valence electrons. The summed E-state index contributed by atoms with van der Waals surface area (Å²) in [5.74, 6) is 0.0546. The summed E-state index contributed by atoms with van der Waals surface area (Å²) in [5.41, 5.74) is 3.38. The molecule has 2 aromatic carbocycles. The molecular weight excluding hydrogens is 300 g/mol. The van der Waals surface area contributed by atoms with Crippen LogP contribution in [0.2, 0.25) is 0 Å². The zero-order valence-electron chi connectivity index (χ0n) is 13.7. The van der Waals surface area contributed by atoms with Crippen LogP contribution in [0.15, 0.2) is 48.5 Å². The fourth-order valence-corrected chi connectivity index (χ4v) is 3.75. The molecule has 4 heteroatoms. The summed E-state index contributed by atoms with van der Waals surface area (Å²) in [6, 6.07) is 15.5. The van der Waals surface area contributed by atoms with Crippen LogP contribution in [0.25, 0.3) is 0 Å². The van der Waals surface area contributed by atoms with E-state index in [1.807, 2.05) is 54.3 Å². The quantitative estimate of drug-likeness (QED) is 0.878. The van der Waals surface area contributed by atoms with E-state index in [0.29, 0.717) is 31.5 Å². The lowest BCUT2D eigenvalue weighted by atomic mass is 9.77. The molecule has 24 heavy (non-hydrogen) atoms. The Bertz CT molecular complexity index is 813. The van der Waals surface area contributed by atoms with E-state index in [1.165, 1.54) is 0 Å². The molecule has 1 saturated heterocycles. The number of para-hydroxylation sites is 1. The van der Waals surface area contributed by atoms with E-state index in [1.54, 1.807) is 0 Å². The van der Waals surface area contributed by atoms with Crippen molar-refractivity contribution >= 4 is 17.5 Å². The number of fused-ring (bicyclic) bond motifs is 1. The zero-order chi connectivity index (χ0) is 16.7. The predicted octanol–water partition coefficient (Wildman–Crippen LogP) is 3.02. The number of carbonyl (C=O) groups excluding carboxylic acids is 2. The minimum atomic E-state index is -0.491. The van der Waals surface area contributed by atoms with Crippen LogP contribution in [0, 0.1) is 12.3 Å².